The van der Waals surface area contributed by atoms with Crippen molar-refractivity contribution in [3.8, 4) is 0 Å². The van der Waals surface area contributed by atoms with Crippen LogP contribution in [0.1, 0.15) is 34.1 Å². The van der Waals surface area contributed by atoms with E-state index in [9.17, 15) is 14.7 Å². The Hall–Kier alpha value is -1.62. The third-order valence-corrected chi connectivity index (χ3v) is 5.43. The molecule has 0 radical (unpaired) electrons. The third kappa shape index (κ3) is 2.02. The highest BCUT2D eigenvalue weighted by Crippen LogP contribution is 2.51. The fourth-order valence-electron chi connectivity index (χ4n) is 4.21. The molecule has 1 saturated heterocycles. The molecule has 3 aliphatic rings. The van der Waals surface area contributed by atoms with Crippen LogP contribution in [-0.4, -0.2) is 34.9 Å². The Morgan fingerprint density at radius 2 is 2.14 bits per heavy atom. The fraction of sp³-hybridized carbons (Fsp3) is 0.647. The van der Waals surface area contributed by atoms with Gasteiger partial charge in [-0.05, 0) is 31.9 Å². The Morgan fingerprint density at radius 1 is 1.45 bits per heavy atom. The molecule has 5 heteroatoms. The summed E-state index contributed by atoms with van der Waals surface area (Å²) < 4.78 is 11.0. The Kier molecular flexibility index (Phi) is 3.44. The topological polar surface area (TPSA) is 72.8 Å². The molecule has 5 nitrogen and oxygen atoms in total. The number of hydrogen-bond acceptors (Lipinski definition) is 5. The molecule has 0 amide bonds. The maximum atomic E-state index is 12.1. The van der Waals surface area contributed by atoms with Crippen LogP contribution in [0, 0.1) is 17.8 Å². The van der Waals surface area contributed by atoms with Crippen molar-refractivity contribution < 1.29 is 24.2 Å². The lowest BCUT2D eigenvalue weighted by Crippen LogP contribution is -2.44. The Morgan fingerprint density at radius 3 is 2.77 bits per heavy atom. The third-order valence-electron chi connectivity index (χ3n) is 5.43. The molecule has 0 aromatic rings. The van der Waals surface area contributed by atoms with E-state index in [1.54, 1.807) is 13.0 Å². The zero-order valence-corrected chi connectivity index (χ0v) is 13.3. The molecule has 1 N–H and O–H groups in total. The number of carbonyl (C=O) groups excluding carboxylic acids is 2. The van der Waals surface area contributed by atoms with E-state index in [2.05, 4.69) is 0 Å². The van der Waals surface area contributed by atoms with Gasteiger partial charge in [-0.2, -0.15) is 0 Å². The number of hydrogen-bond donors (Lipinski definition) is 1. The predicted molar refractivity (Wildman–Crippen MR) is 78.7 cm³/mol. The standard InChI is InChI=1S/C17H22O5/c1-8-5-6-17(20)9(2)7-12(21-11(4)18)13-10(3)16(19)22-15(13)14(8)17/h5,7,10,12-15,20H,6H2,1-4H3/t10-,12-,13+,14+,15-,17+/m1/s1. The highest BCUT2D eigenvalue weighted by Gasteiger charge is 2.59. The number of carbonyl (C=O) groups is 2. The second-order valence-corrected chi connectivity index (χ2v) is 6.75. The second kappa shape index (κ2) is 4.95. The lowest BCUT2D eigenvalue weighted by atomic mass is 9.75. The Balaban J connectivity index is 2.10. The van der Waals surface area contributed by atoms with Crippen LogP contribution >= 0.6 is 0 Å². The van der Waals surface area contributed by atoms with Gasteiger partial charge in [0, 0.05) is 6.92 Å². The molecule has 3 rings (SSSR count). The van der Waals surface area contributed by atoms with E-state index in [1.807, 2.05) is 19.9 Å². The molecular formula is C17H22O5. The van der Waals surface area contributed by atoms with Crippen LogP contribution in [0.2, 0.25) is 0 Å². The van der Waals surface area contributed by atoms with Crippen LogP contribution < -0.4 is 0 Å². The van der Waals surface area contributed by atoms with Gasteiger partial charge in [0.15, 0.2) is 0 Å². The summed E-state index contributed by atoms with van der Waals surface area (Å²) in [4.78, 5) is 23.5. The highest BCUT2D eigenvalue weighted by molar-refractivity contribution is 5.76. The van der Waals surface area contributed by atoms with Crippen LogP contribution in [0.5, 0.6) is 0 Å². The van der Waals surface area contributed by atoms with Crippen molar-refractivity contribution in [1.29, 1.82) is 0 Å². The number of esters is 2. The zero-order chi connectivity index (χ0) is 16.2. The van der Waals surface area contributed by atoms with Crippen LogP contribution in [0.3, 0.4) is 0 Å². The minimum Gasteiger partial charge on any atom is -0.461 e. The molecule has 0 unspecified atom stereocenters. The molecule has 0 bridgehead atoms. The molecule has 0 aromatic carbocycles. The van der Waals surface area contributed by atoms with Crippen molar-refractivity contribution >= 4 is 11.9 Å². The van der Waals surface area contributed by atoms with E-state index < -0.39 is 23.8 Å². The van der Waals surface area contributed by atoms with E-state index in [-0.39, 0.29) is 23.7 Å². The molecular weight excluding hydrogens is 284 g/mol. The fourth-order valence-corrected chi connectivity index (χ4v) is 4.21. The van der Waals surface area contributed by atoms with Gasteiger partial charge in [0.2, 0.25) is 0 Å². The van der Waals surface area contributed by atoms with E-state index >= 15 is 0 Å². The number of ether oxygens (including phenoxy) is 2. The van der Waals surface area contributed by atoms with Crippen molar-refractivity contribution in [2.45, 2.75) is 51.9 Å². The van der Waals surface area contributed by atoms with Crippen molar-refractivity contribution in [1.82, 2.24) is 0 Å². The molecule has 0 aromatic heterocycles. The van der Waals surface area contributed by atoms with Crippen molar-refractivity contribution in [3.63, 3.8) is 0 Å². The van der Waals surface area contributed by atoms with Gasteiger partial charge in [-0.25, -0.2) is 0 Å². The van der Waals surface area contributed by atoms with Crippen molar-refractivity contribution in [3.05, 3.63) is 23.3 Å². The summed E-state index contributed by atoms with van der Waals surface area (Å²) in [6.45, 7) is 6.95. The Labute approximate surface area is 130 Å². The van der Waals surface area contributed by atoms with Gasteiger partial charge in [-0.1, -0.05) is 18.6 Å². The molecule has 1 heterocycles. The number of fused-ring (bicyclic) bond motifs is 3. The molecule has 1 fully saturated rings. The average molecular weight is 306 g/mol. The van der Waals surface area contributed by atoms with Gasteiger partial charge in [0.25, 0.3) is 0 Å². The molecule has 120 valence electrons. The van der Waals surface area contributed by atoms with Crippen LogP contribution in [0.4, 0.5) is 0 Å². The first-order valence-corrected chi connectivity index (χ1v) is 7.71. The number of aliphatic hydroxyl groups is 1. The molecule has 6 atom stereocenters. The van der Waals surface area contributed by atoms with E-state index in [4.69, 9.17) is 9.47 Å². The van der Waals surface area contributed by atoms with Gasteiger partial charge >= 0.3 is 11.9 Å². The second-order valence-electron chi connectivity index (χ2n) is 6.75. The summed E-state index contributed by atoms with van der Waals surface area (Å²) in [6.07, 6.45) is 3.27. The van der Waals surface area contributed by atoms with E-state index in [1.165, 1.54) is 6.92 Å². The summed E-state index contributed by atoms with van der Waals surface area (Å²) in [5, 5.41) is 11.1. The van der Waals surface area contributed by atoms with Gasteiger partial charge in [-0.3, -0.25) is 9.59 Å². The maximum Gasteiger partial charge on any atom is 0.309 e. The van der Waals surface area contributed by atoms with Gasteiger partial charge in [0.1, 0.15) is 12.2 Å². The van der Waals surface area contributed by atoms with Crippen molar-refractivity contribution in [2.75, 3.05) is 0 Å². The summed E-state index contributed by atoms with van der Waals surface area (Å²) in [6, 6.07) is 0. The smallest absolute Gasteiger partial charge is 0.309 e. The normalized spacial score (nSPS) is 43.5. The SMILES string of the molecule is CC(=O)O[C@@H]1C=C(C)[C@@]2(O)CC=C(C)[C@H]2[C@@H]2OC(=O)[C@H](C)[C@H]21. The van der Waals surface area contributed by atoms with Gasteiger partial charge in [0.05, 0.1) is 23.4 Å². The summed E-state index contributed by atoms with van der Waals surface area (Å²) in [5.41, 5.74) is 0.733. The lowest BCUT2D eigenvalue weighted by Gasteiger charge is -2.35. The molecule has 1 aliphatic heterocycles. The van der Waals surface area contributed by atoms with Crippen LogP contribution in [0.25, 0.3) is 0 Å². The predicted octanol–water partition coefficient (Wildman–Crippen LogP) is 1.75. The summed E-state index contributed by atoms with van der Waals surface area (Å²) in [5.74, 6) is -1.60. The molecule has 22 heavy (non-hydrogen) atoms. The highest BCUT2D eigenvalue weighted by atomic mass is 16.6. The lowest BCUT2D eigenvalue weighted by molar-refractivity contribution is -0.148. The first kappa shape index (κ1) is 15.3. The average Bonchev–Trinajstić information content (AvgIpc) is 2.84. The zero-order valence-electron chi connectivity index (χ0n) is 13.3. The maximum absolute atomic E-state index is 12.1. The summed E-state index contributed by atoms with van der Waals surface area (Å²) in [7, 11) is 0. The van der Waals surface area contributed by atoms with Crippen LogP contribution in [-0.2, 0) is 19.1 Å². The van der Waals surface area contributed by atoms with Crippen LogP contribution in [0.15, 0.2) is 23.3 Å². The molecule has 0 spiro atoms. The summed E-state index contributed by atoms with van der Waals surface area (Å²) >= 11 is 0. The van der Waals surface area contributed by atoms with Gasteiger partial charge in [-0.15, -0.1) is 0 Å². The van der Waals surface area contributed by atoms with E-state index in [0.717, 1.165) is 11.1 Å². The van der Waals surface area contributed by atoms with Crippen molar-refractivity contribution in [2.24, 2.45) is 17.8 Å². The number of rotatable bonds is 1. The molecule has 2 aliphatic carbocycles. The van der Waals surface area contributed by atoms with E-state index in [0.29, 0.717) is 6.42 Å². The minimum atomic E-state index is -1.06. The monoisotopic (exact) mass is 306 g/mol. The van der Waals surface area contributed by atoms with Gasteiger partial charge < -0.3 is 14.6 Å². The first-order chi connectivity index (χ1) is 10.3. The first-order valence-electron chi connectivity index (χ1n) is 7.71. The largest absolute Gasteiger partial charge is 0.461 e. The molecule has 0 saturated carbocycles. The quantitative estimate of drug-likeness (QED) is 0.590. The Bertz CT molecular complexity index is 590. The minimum absolute atomic E-state index is 0.271.